The lowest BCUT2D eigenvalue weighted by Crippen LogP contribution is -2.46. The molecule has 3 nitrogen and oxygen atoms in total. The van der Waals surface area contributed by atoms with E-state index in [1.165, 1.54) is 18.7 Å². The summed E-state index contributed by atoms with van der Waals surface area (Å²) in [7, 11) is 0. The van der Waals surface area contributed by atoms with Crippen LogP contribution in [0.2, 0.25) is 0 Å². The maximum Gasteiger partial charge on any atom is 0.0508 e. The smallest absolute Gasteiger partial charge is 0.0508 e. The van der Waals surface area contributed by atoms with Crippen molar-refractivity contribution in [1.29, 1.82) is 0 Å². The van der Waals surface area contributed by atoms with Crippen molar-refractivity contribution < 1.29 is 0 Å². The van der Waals surface area contributed by atoms with Crippen molar-refractivity contribution in [3.05, 3.63) is 30.3 Å². The van der Waals surface area contributed by atoms with Gasteiger partial charge in [0.05, 0.1) is 5.54 Å². The molecule has 0 radical (unpaired) electrons. The highest BCUT2D eigenvalue weighted by Crippen LogP contribution is 2.26. The number of likely N-dealkylation sites (tertiary alicyclic amines) is 1. The molecule has 1 aromatic rings. The Hall–Kier alpha value is -1.06. The van der Waals surface area contributed by atoms with Crippen LogP contribution in [0.3, 0.4) is 0 Å². The number of nitrogens with two attached hydrogens (primary N) is 1. The van der Waals surface area contributed by atoms with Crippen LogP contribution in [0.4, 0.5) is 5.69 Å². The van der Waals surface area contributed by atoms with Crippen LogP contribution >= 0.6 is 0 Å². The third kappa shape index (κ3) is 3.24. The minimum atomic E-state index is 0.0747. The highest BCUT2D eigenvalue weighted by atomic mass is 15.1. The Morgan fingerprint density at radius 3 is 2.67 bits per heavy atom. The summed E-state index contributed by atoms with van der Waals surface area (Å²) in [6.45, 7) is 6.44. The fraction of sp³-hybridized carbons (Fsp3) is 0.600. The fourth-order valence-electron chi connectivity index (χ4n) is 2.77. The molecule has 1 aliphatic rings. The maximum absolute atomic E-state index is 6.06. The Bertz CT molecular complexity index is 352. The first-order valence-corrected chi connectivity index (χ1v) is 7.04. The van der Waals surface area contributed by atoms with Gasteiger partial charge in [-0.3, -0.25) is 0 Å². The Labute approximate surface area is 110 Å². The molecule has 18 heavy (non-hydrogen) atoms. The second-order valence-corrected chi connectivity index (χ2v) is 5.26. The van der Waals surface area contributed by atoms with Gasteiger partial charge in [-0.25, -0.2) is 0 Å². The predicted molar refractivity (Wildman–Crippen MR) is 77.8 cm³/mol. The summed E-state index contributed by atoms with van der Waals surface area (Å²) in [4.78, 5) is 2.52. The van der Waals surface area contributed by atoms with Crippen LogP contribution in [-0.4, -0.2) is 36.6 Å². The quantitative estimate of drug-likeness (QED) is 0.858. The van der Waals surface area contributed by atoms with Crippen LogP contribution in [0.15, 0.2) is 30.3 Å². The second-order valence-electron chi connectivity index (χ2n) is 5.26. The number of anilines is 1. The highest BCUT2D eigenvalue weighted by Gasteiger charge is 2.30. The molecule has 1 atom stereocenters. The Morgan fingerprint density at radius 1 is 1.22 bits per heavy atom. The number of rotatable bonds is 4. The van der Waals surface area contributed by atoms with E-state index in [0.717, 1.165) is 25.9 Å². The standard InChI is InChI=1S/C15H25N3/c1-2-18-11-6-9-15(13-16,10-12-18)17-14-7-4-3-5-8-14/h3-5,7-8,17H,2,6,9-13,16H2,1H3. The molecule has 1 aromatic carbocycles. The summed E-state index contributed by atoms with van der Waals surface area (Å²) in [6.07, 6.45) is 3.52. The zero-order valence-corrected chi connectivity index (χ0v) is 11.4. The Balaban J connectivity index is 2.06. The molecule has 0 amide bonds. The first kappa shape index (κ1) is 13.4. The molecule has 100 valence electrons. The molecule has 1 unspecified atom stereocenters. The van der Waals surface area contributed by atoms with Crippen molar-refractivity contribution in [1.82, 2.24) is 4.90 Å². The average molecular weight is 247 g/mol. The summed E-state index contributed by atoms with van der Waals surface area (Å²) < 4.78 is 0. The zero-order valence-electron chi connectivity index (χ0n) is 11.4. The van der Waals surface area contributed by atoms with Gasteiger partial charge >= 0.3 is 0 Å². The van der Waals surface area contributed by atoms with E-state index in [0.29, 0.717) is 6.54 Å². The molecule has 1 aliphatic heterocycles. The zero-order chi connectivity index (χ0) is 12.8. The van der Waals surface area contributed by atoms with Crippen molar-refractivity contribution in [3.8, 4) is 0 Å². The van der Waals surface area contributed by atoms with Crippen LogP contribution in [0.25, 0.3) is 0 Å². The summed E-state index contributed by atoms with van der Waals surface area (Å²) in [6, 6.07) is 10.4. The molecule has 0 bridgehead atoms. The molecule has 2 rings (SSSR count). The predicted octanol–water partition coefficient (Wildman–Crippen LogP) is 2.30. The maximum atomic E-state index is 6.06. The lowest BCUT2D eigenvalue weighted by atomic mass is 9.90. The van der Waals surface area contributed by atoms with Gasteiger partial charge in [0.1, 0.15) is 0 Å². The molecule has 1 heterocycles. The summed E-state index contributed by atoms with van der Waals surface area (Å²) in [5.74, 6) is 0. The number of nitrogens with zero attached hydrogens (tertiary/aromatic N) is 1. The molecule has 0 aromatic heterocycles. The molecule has 1 saturated heterocycles. The number of benzene rings is 1. The van der Waals surface area contributed by atoms with Crippen molar-refractivity contribution in [2.45, 2.75) is 31.7 Å². The first-order chi connectivity index (χ1) is 8.78. The molecule has 0 aliphatic carbocycles. The lowest BCUT2D eigenvalue weighted by Gasteiger charge is -2.34. The number of hydrogen-bond donors (Lipinski definition) is 2. The largest absolute Gasteiger partial charge is 0.378 e. The van der Waals surface area contributed by atoms with Gasteiger partial charge in [-0.15, -0.1) is 0 Å². The highest BCUT2D eigenvalue weighted by molar-refractivity contribution is 5.45. The van der Waals surface area contributed by atoms with Crippen molar-refractivity contribution in [2.24, 2.45) is 5.73 Å². The number of nitrogens with one attached hydrogen (secondary N) is 1. The normalized spacial score (nSPS) is 25.7. The van der Waals surface area contributed by atoms with Gasteiger partial charge in [0.25, 0.3) is 0 Å². The summed E-state index contributed by atoms with van der Waals surface area (Å²) in [5.41, 5.74) is 7.32. The minimum absolute atomic E-state index is 0.0747. The van der Waals surface area contributed by atoms with E-state index in [2.05, 4.69) is 41.4 Å². The summed E-state index contributed by atoms with van der Waals surface area (Å²) in [5, 5.41) is 3.68. The van der Waals surface area contributed by atoms with Gasteiger partial charge in [0, 0.05) is 18.8 Å². The van der Waals surface area contributed by atoms with Crippen LogP contribution in [0.5, 0.6) is 0 Å². The van der Waals surface area contributed by atoms with Crippen LogP contribution in [0.1, 0.15) is 26.2 Å². The lowest BCUT2D eigenvalue weighted by molar-refractivity contribution is 0.293. The fourth-order valence-corrected chi connectivity index (χ4v) is 2.77. The van der Waals surface area contributed by atoms with E-state index in [9.17, 15) is 0 Å². The summed E-state index contributed by atoms with van der Waals surface area (Å²) >= 11 is 0. The molecule has 0 spiro atoms. The van der Waals surface area contributed by atoms with Gasteiger partial charge in [0.15, 0.2) is 0 Å². The van der Waals surface area contributed by atoms with Gasteiger partial charge in [-0.1, -0.05) is 25.1 Å². The number of hydrogen-bond acceptors (Lipinski definition) is 3. The van der Waals surface area contributed by atoms with Crippen LogP contribution in [0, 0.1) is 0 Å². The van der Waals surface area contributed by atoms with E-state index < -0.39 is 0 Å². The Morgan fingerprint density at radius 2 is 2.00 bits per heavy atom. The second kappa shape index (κ2) is 6.21. The van der Waals surface area contributed by atoms with E-state index in [4.69, 9.17) is 5.73 Å². The van der Waals surface area contributed by atoms with Crippen molar-refractivity contribution in [2.75, 3.05) is 31.5 Å². The molecular formula is C15H25N3. The van der Waals surface area contributed by atoms with Crippen molar-refractivity contribution >= 4 is 5.69 Å². The number of para-hydroxylation sites is 1. The molecule has 3 N–H and O–H groups in total. The van der Waals surface area contributed by atoms with Crippen LogP contribution < -0.4 is 11.1 Å². The Kier molecular flexibility index (Phi) is 4.61. The van der Waals surface area contributed by atoms with E-state index in [-0.39, 0.29) is 5.54 Å². The third-order valence-corrected chi connectivity index (χ3v) is 4.06. The molecule has 0 saturated carbocycles. The van der Waals surface area contributed by atoms with Gasteiger partial charge in [-0.2, -0.15) is 0 Å². The van der Waals surface area contributed by atoms with Gasteiger partial charge in [0.2, 0.25) is 0 Å². The van der Waals surface area contributed by atoms with Gasteiger partial charge in [-0.05, 0) is 44.5 Å². The van der Waals surface area contributed by atoms with E-state index >= 15 is 0 Å². The van der Waals surface area contributed by atoms with Gasteiger partial charge < -0.3 is 16.0 Å². The SMILES string of the molecule is CCN1CCCC(CN)(Nc2ccccc2)CC1. The molecule has 3 heteroatoms. The monoisotopic (exact) mass is 247 g/mol. The molecular weight excluding hydrogens is 222 g/mol. The van der Waals surface area contributed by atoms with Crippen LogP contribution in [-0.2, 0) is 0 Å². The average Bonchev–Trinajstić information content (AvgIpc) is 2.63. The van der Waals surface area contributed by atoms with E-state index in [1.807, 2.05) is 6.07 Å². The topological polar surface area (TPSA) is 41.3 Å². The van der Waals surface area contributed by atoms with Crippen molar-refractivity contribution in [3.63, 3.8) is 0 Å². The third-order valence-electron chi connectivity index (χ3n) is 4.06. The first-order valence-electron chi connectivity index (χ1n) is 7.04. The van der Waals surface area contributed by atoms with E-state index in [1.54, 1.807) is 0 Å². The minimum Gasteiger partial charge on any atom is -0.378 e. The molecule has 1 fully saturated rings.